The fourth-order valence-corrected chi connectivity index (χ4v) is 18.9. The average Bonchev–Trinajstić information content (AvgIpc) is 0.684. The van der Waals surface area contributed by atoms with Gasteiger partial charge in [0.2, 0.25) is 0 Å². The zero-order valence-corrected chi connectivity index (χ0v) is 62.6. The van der Waals surface area contributed by atoms with Crippen molar-refractivity contribution in [1.82, 2.24) is 0 Å². The van der Waals surface area contributed by atoms with Crippen LogP contribution in [0.4, 0.5) is 34.1 Å². The van der Waals surface area contributed by atoms with E-state index in [-0.39, 0.29) is 6.71 Å². The van der Waals surface area contributed by atoms with Crippen molar-refractivity contribution in [3.05, 3.63) is 418 Å². The number of rotatable bonds is 11. The van der Waals surface area contributed by atoms with Gasteiger partial charge in [0, 0.05) is 61.5 Å². The van der Waals surface area contributed by atoms with Crippen molar-refractivity contribution in [3.63, 3.8) is 0 Å². The normalized spacial score (nSPS) is 13.0. The van der Waals surface area contributed by atoms with Gasteiger partial charge in [-0.25, -0.2) is 0 Å². The van der Waals surface area contributed by atoms with E-state index in [0.717, 1.165) is 146 Å². The van der Waals surface area contributed by atoms with Crippen LogP contribution in [0, 0.1) is 0 Å². The van der Waals surface area contributed by atoms with Crippen molar-refractivity contribution >= 4 is 100 Å². The summed E-state index contributed by atoms with van der Waals surface area (Å²) in [6, 6.07) is 152. The molecule has 113 heavy (non-hydrogen) atoms. The number of benzene rings is 19. The number of fused-ring (bicyclic) bond motifs is 12. The van der Waals surface area contributed by atoms with Crippen LogP contribution in [-0.4, -0.2) is 6.71 Å². The van der Waals surface area contributed by atoms with Gasteiger partial charge in [-0.15, -0.1) is 0 Å². The molecule has 0 saturated carbocycles. The van der Waals surface area contributed by atoms with Crippen LogP contribution in [0.2, 0.25) is 0 Å². The van der Waals surface area contributed by atoms with Crippen LogP contribution in [0.15, 0.2) is 406 Å². The Kier molecular flexibility index (Phi) is 15.4. The summed E-state index contributed by atoms with van der Waals surface area (Å²) in [5, 5.41) is 9.60. The Hall–Kier alpha value is -14.3. The molecule has 0 radical (unpaired) electrons. The second-order valence-electron chi connectivity index (χ2n) is 30.9. The summed E-state index contributed by atoms with van der Waals surface area (Å²) in [5.74, 6) is 1.76. The van der Waals surface area contributed by atoms with Gasteiger partial charge in [-0.2, -0.15) is 0 Å². The van der Waals surface area contributed by atoms with E-state index in [4.69, 9.17) is 4.74 Å². The average molecular weight is 1440 g/mol. The van der Waals surface area contributed by atoms with Crippen molar-refractivity contribution < 1.29 is 4.74 Å². The quantitative estimate of drug-likeness (QED) is 0.0948. The SMILES string of the molecule is CC1(C)c2ccccc2Oc2ccc(-c3cc4c5c(c3)N(c3c(-c6ccc(-c7ccccc7)cc6)cccc3-c3cc6ccccc6c6ccccc36)c3ccc(-c6ccccc6)cc3B5c3cc(-c5ccccc5)ccc3N4c3c(-c4ccc(-c5ccccc5)cc4)cccc3-c3cc4ccccc4c4ccccc34)cc21. The molecule has 528 valence electrons. The summed E-state index contributed by atoms with van der Waals surface area (Å²) < 4.78 is 6.96. The molecule has 3 aliphatic heterocycles. The first-order chi connectivity index (χ1) is 55.8. The molecule has 0 N–H and O–H groups in total. The predicted molar refractivity (Wildman–Crippen MR) is 478 cm³/mol. The smallest absolute Gasteiger partial charge is 0.252 e. The monoisotopic (exact) mass is 1440 g/mol. The Morgan fingerprint density at radius 1 is 0.221 bits per heavy atom. The molecule has 0 unspecified atom stereocenters. The van der Waals surface area contributed by atoms with Gasteiger partial charge in [-0.05, 0) is 192 Å². The lowest BCUT2D eigenvalue weighted by molar-refractivity contribution is 0.418. The lowest BCUT2D eigenvalue weighted by Gasteiger charge is -2.46. The number of ether oxygens (including phenoxy) is 1. The standard InChI is InChI=1S/C109H73BN2O/c1-109(2)96-47-23-24-48-104(96)113-105-62-59-78(65-97(105)109)83-68-102-106-103(69-83)112(108-87(77-55-51-75(52-56-77)71-29-9-4-10-30-71)44-26-46-93(108)95-64-82-36-16-18-38-85(82)89-40-20-22-42-91(89)95)101-61-58-80(73-33-13-6-14-34-73)67-99(101)110(106)98-66-79(72-31-11-5-12-32-72)57-60-100(98)111(102)107-86(76-53-49-74(50-54-76)70-27-7-3-8-28-70)43-25-45-92(107)94-63-81-35-15-17-37-84(81)88-39-19-21-41-90(88)94/h3-69H,1-2H3. The molecule has 19 aromatic carbocycles. The van der Waals surface area contributed by atoms with E-state index in [2.05, 4.69) is 430 Å². The Labute approximate surface area is 658 Å². The summed E-state index contributed by atoms with van der Waals surface area (Å²) in [6.45, 7) is 4.40. The van der Waals surface area contributed by atoms with Gasteiger partial charge in [0.25, 0.3) is 6.71 Å². The van der Waals surface area contributed by atoms with Crippen LogP contribution in [0.5, 0.6) is 11.5 Å². The second kappa shape index (κ2) is 26.5. The number of anilines is 6. The highest BCUT2D eigenvalue weighted by atomic mass is 16.5. The maximum Gasteiger partial charge on any atom is 0.252 e. The Bertz CT molecular complexity index is 6670. The molecular formula is C109H73BN2O. The van der Waals surface area contributed by atoms with Gasteiger partial charge in [0.15, 0.2) is 0 Å². The van der Waals surface area contributed by atoms with Crippen LogP contribution in [0.1, 0.15) is 25.0 Å². The van der Waals surface area contributed by atoms with Gasteiger partial charge in [-0.3, -0.25) is 0 Å². The molecule has 3 nitrogen and oxygen atoms in total. The lowest BCUT2D eigenvalue weighted by Crippen LogP contribution is -2.61. The Morgan fingerprint density at radius 2 is 0.566 bits per heavy atom. The van der Waals surface area contributed by atoms with Crippen LogP contribution in [0.25, 0.3) is 143 Å². The van der Waals surface area contributed by atoms with Gasteiger partial charge >= 0.3 is 0 Å². The zero-order valence-electron chi connectivity index (χ0n) is 62.6. The summed E-state index contributed by atoms with van der Waals surface area (Å²) in [5.41, 5.74) is 32.5. The molecule has 3 heterocycles. The first-order valence-corrected chi connectivity index (χ1v) is 39.3. The van der Waals surface area contributed by atoms with Crippen LogP contribution in [-0.2, 0) is 5.41 Å². The predicted octanol–water partition coefficient (Wildman–Crippen LogP) is 27.8. The van der Waals surface area contributed by atoms with Crippen LogP contribution in [0.3, 0.4) is 0 Å². The third kappa shape index (κ3) is 10.8. The van der Waals surface area contributed by atoms with Gasteiger partial charge in [0.1, 0.15) is 11.5 Å². The summed E-state index contributed by atoms with van der Waals surface area (Å²) >= 11 is 0. The molecule has 0 atom stereocenters. The zero-order chi connectivity index (χ0) is 74.8. The molecule has 0 bridgehead atoms. The van der Waals surface area contributed by atoms with E-state index >= 15 is 0 Å². The second-order valence-corrected chi connectivity index (χ2v) is 30.9. The number of para-hydroxylation sites is 3. The van der Waals surface area contributed by atoms with Crippen LogP contribution >= 0.6 is 0 Å². The molecule has 0 amide bonds. The molecule has 4 heteroatoms. The number of hydrogen-bond donors (Lipinski definition) is 0. The summed E-state index contributed by atoms with van der Waals surface area (Å²) in [7, 11) is 0. The van der Waals surface area contributed by atoms with Crippen molar-refractivity contribution in [2.45, 2.75) is 19.3 Å². The summed E-state index contributed by atoms with van der Waals surface area (Å²) in [4.78, 5) is 5.42. The highest BCUT2D eigenvalue weighted by Gasteiger charge is 2.46. The molecule has 0 spiro atoms. The fourth-order valence-electron chi connectivity index (χ4n) is 18.9. The minimum atomic E-state index is -0.407. The van der Waals surface area contributed by atoms with E-state index in [1.54, 1.807) is 0 Å². The van der Waals surface area contributed by atoms with Crippen molar-refractivity contribution in [2.24, 2.45) is 0 Å². The van der Waals surface area contributed by atoms with E-state index < -0.39 is 5.41 Å². The van der Waals surface area contributed by atoms with Gasteiger partial charge < -0.3 is 14.5 Å². The van der Waals surface area contributed by atoms with Crippen molar-refractivity contribution in [3.8, 4) is 112 Å². The van der Waals surface area contributed by atoms with E-state index in [1.807, 2.05) is 0 Å². The first-order valence-electron chi connectivity index (χ1n) is 39.3. The third-order valence-corrected chi connectivity index (χ3v) is 24.3. The fraction of sp³-hybridized carbons (Fsp3) is 0.0275. The van der Waals surface area contributed by atoms with E-state index in [0.29, 0.717) is 0 Å². The lowest BCUT2D eigenvalue weighted by atomic mass is 9.33. The van der Waals surface area contributed by atoms with E-state index in [1.165, 1.54) is 70.6 Å². The maximum atomic E-state index is 6.96. The minimum absolute atomic E-state index is 0.309. The topological polar surface area (TPSA) is 15.7 Å². The van der Waals surface area contributed by atoms with Crippen LogP contribution < -0.4 is 30.9 Å². The molecule has 22 rings (SSSR count). The van der Waals surface area contributed by atoms with Gasteiger partial charge in [0.05, 0.1) is 11.4 Å². The molecular weight excluding hydrogens is 1360 g/mol. The molecule has 3 aliphatic rings. The third-order valence-electron chi connectivity index (χ3n) is 24.3. The Balaban J connectivity index is 0.910. The number of hydrogen-bond acceptors (Lipinski definition) is 3. The highest BCUT2D eigenvalue weighted by molar-refractivity contribution is 7.00. The van der Waals surface area contributed by atoms with Crippen molar-refractivity contribution in [2.75, 3.05) is 9.80 Å². The highest BCUT2D eigenvalue weighted by Crippen LogP contribution is 2.57. The van der Waals surface area contributed by atoms with Crippen molar-refractivity contribution in [1.29, 1.82) is 0 Å². The molecule has 0 aliphatic carbocycles. The maximum absolute atomic E-state index is 6.96. The van der Waals surface area contributed by atoms with E-state index in [9.17, 15) is 0 Å². The van der Waals surface area contributed by atoms with Gasteiger partial charge in [-0.1, -0.05) is 366 Å². The summed E-state index contributed by atoms with van der Waals surface area (Å²) in [6.07, 6.45) is 0. The molecule has 0 aromatic heterocycles. The molecule has 0 fully saturated rings. The molecule has 19 aromatic rings. The number of nitrogens with zero attached hydrogens (tertiary/aromatic N) is 2. The Morgan fingerprint density at radius 3 is 1.04 bits per heavy atom. The largest absolute Gasteiger partial charge is 0.457 e. The first kappa shape index (κ1) is 65.7. The minimum Gasteiger partial charge on any atom is -0.457 e. The molecule has 0 saturated heterocycles.